The Balaban J connectivity index is 2.15. The Morgan fingerprint density at radius 2 is 2.05 bits per heavy atom. The molecule has 0 atom stereocenters. The second-order valence-electron chi connectivity index (χ2n) is 4.97. The molecule has 0 bridgehead atoms. The first-order valence-corrected chi connectivity index (χ1v) is 8.82. The normalized spacial score (nSPS) is 18.0. The van der Waals surface area contributed by atoms with E-state index in [2.05, 4.69) is 0 Å². The largest absolute Gasteiger partial charge is 0.392 e. The summed E-state index contributed by atoms with van der Waals surface area (Å²) in [5.74, 6) is 0. The zero-order valence-corrected chi connectivity index (χ0v) is 13.5. The van der Waals surface area contributed by atoms with Gasteiger partial charge in [0.25, 0.3) is 0 Å². The van der Waals surface area contributed by atoms with Gasteiger partial charge in [-0.05, 0) is 43.5 Å². The molecule has 0 saturated carbocycles. The van der Waals surface area contributed by atoms with Gasteiger partial charge in [-0.2, -0.15) is 4.31 Å². The second-order valence-corrected chi connectivity index (χ2v) is 7.32. The number of aliphatic hydroxyl groups excluding tert-OH is 1. The Kier molecular flexibility index (Phi) is 5.62. The standard InChI is InChI=1S/C14H20ClNO4S/c1-2-20-12-5-7-16(8-6-12)21(18,19)13-3-4-14(15)11(9-13)10-17/h3-4,9,12,17H,2,5-8,10H2,1H3. The molecular weight excluding hydrogens is 314 g/mol. The van der Waals surface area contributed by atoms with Gasteiger partial charge in [-0.25, -0.2) is 8.42 Å². The van der Waals surface area contributed by atoms with Crippen LogP contribution in [0.1, 0.15) is 25.3 Å². The molecule has 1 aliphatic rings. The molecule has 1 aromatic rings. The molecule has 1 aromatic carbocycles. The molecule has 0 spiro atoms. The minimum atomic E-state index is -3.54. The van der Waals surface area contributed by atoms with E-state index in [9.17, 15) is 13.5 Å². The van der Waals surface area contributed by atoms with Crippen molar-refractivity contribution in [3.8, 4) is 0 Å². The fourth-order valence-corrected chi connectivity index (χ4v) is 4.15. The summed E-state index contributed by atoms with van der Waals surface area (Å²) in [7, 11) is -3.54. The van der Waals surface area contributed by atoms with E-state index in [1.807, 2.05) is 6.92 Å². The lowest BCUT2D eigenvalue weighted by molar-refractivity contribution is 0.0290. The molecule has 5 nitrogen and oxygen atoms in total. The first-order valence-electron chi connectivity index (χ1n) is 7.00. The quantitative estimate of drug-likeness (QED) is 0.895. The van der Waals surface area contributed by atoms with E-state index in [4.69, 9.17) is 16.3 Å². The van der Waals surface area contributed by atoms with Crippen molar-refractivity contribution in [3.63, 3.8) is 0 Å². The van der Waals surface area contributed by atoms with E-state index in [0.717, 1.165) is 0 Å². The number of rotatable bonds is 5. The maximum Gasteiger partial charge on any atom is 0.243 e. The van der Waals surface area contributed by atoms with E-state index >= 15 is 0 Å². The van der Waals surface area contributed by atoms with Crippen LogP contribution in [0.2, 0.25) is 5.02 Å². The Morgan fingerprint density at radius 3 is 2.62 bits per heavy atom. The summed E-state index contributed by atoms with van der Waals surface area (Å²) in [5, 5.41) is 9.57. The molecule has 1 aliphatic heterocycles. The van der Waals surface area contributed by atoms with Gasteiger partial charge in [-0.15, -0.1) is 0 Å². The molecule has 2 rings (SSSR count). The highest BCUT2D eigenvalue weighted by Gasteiger charge is 2.29. The van der Waals surface area contributed by atoms with Crippen LogP contribution in [0, 0.1) is 0 Å². The maximum absolute atomic E-state index is 12.6. The van der Waals surface area contributed by atoms with Crippen molar-refractivity contribution in [1.82, 2.24) is 4.31 Å². The van der Waals surface area contributed by atoms with Crippen molar-refractivity contribution in [1.29, 1.82) is 0 Å². The molecule has 1 saturated heterocycles. The third-order valence-corrected chi connectivity index (χ3v) is 5.89. The van der Waals surface area contributed by atoms with Crippen LogP contribution in [-0.4, -0.2) is 43.6 Å². The van der Waals surface area contributed by atoms with Crippen LogP contribution >= 0.6 is 11.6 Å². The van der Waals surface area contributed by atoms with Crippen molar-refractivity contribution >= 4 is 21.6 Å². The van der Waals surface area contributed by atoms with Crippen LogP contribution in [0.3, 0.4) is 0 Å². The zero-order valence-electron chi connectivity index (χ0n) is 12.0. The van der Waals surface area contributed by atoms with Crippen LogP contribution in [0.4, 0.5) is 0 Å². The molecule has 0 aromatic heterocycles. The van der Waals surface area contributed by atoms with Crippen molar-refractivity contribution in [2.75, 3.05) is 19.7 Å². The number of nitrogens with zero attached hydrogens (tertiary/aromatic N) is 1. The highest BCUT2D eigenvalue weighted by Crippen LogP contribution is 2.25. The second kappa shape index (κ2) is 7.07. The minimum absolute atomic E-state index is 0.139. The van der Waals surface area contributed by atoms with Gasteiger partial charge in [0.2, 0.25) is 10.0 Å². The van der Waals surface area contributed by atoms with E-state index in [-0.39, 0.29) is 17.6 Å². The van der Waals surface area contributed by atoms with Gasteiger partial charge < -0.3 is 9.84 Å². The SMILES string of the molecule is CCOC1CCN(S(=O)(=O)c2ccc(Cl)c(CO)c2)CC1. The maximum atomic E-state index is 12.6. The molecule has 0 aliphatic carbocycles. The van der Waals surface area contributed by atoms with Crippen molar-refractivity contribution in [3.05, 3.63) is 28.8 Å². The van der Waals surface area contributed by atoms with Gasteiger partial charge in [0.15, 0.2) is 0 Å². The molecule has 1 fully saturated rings. The first kappa shape index (κ1) is 16.7. The summed E-state index contributed by atoms with van der Waals surface area (Å²) in [5.41, 5.74) is 0.418. The highest BCUT2D eigenvalue weighted by atomic mass is 35.5. The van der Waals surface area contributed by atoms with Crippen LogP contribution in [-0.2, 0) is 21.4 Å². The molecule has 7 heteroatoms. The molecule has 0 unspecified atom stereocenters. The summed E-state index contributed by atoms with van der Waals surface area (Å²) >= 11 is 5.90. The van der Waals surface area contributed by atoms with Gasteiger partial charge >= 0.3 is 0 Å². The Bertz CT molecular complexity index is 583. The predicted molar refractivity (Wildman–Crippen MR) is 80.8 cm³/mol. The predicted octanol–water partition coefficient (Wildman–Crippen LogP) is 2.02. The van der Waals surface area contributed by atoms with Crippen molar-refractivity contribution < 1.29 is 18.3 Å². The number of sulfonamides is 1. The van der Waals surface area contributed by atoms with Gasteiger partial charge in [-0.1, -0.05) is 11.6 Å². The van der Waals surface area contributed by atoms with Gasteiger partial charge in [-0.3, -0.25) is 0 Å². The molecule has 1 heterocycles. The topological polar surface area (TPSA) is 66.8 Å². The fraction of sp³-hybridized carbons (Fsp3) is 0.571. The molecule has 21 heavy (non-hydrogen) atoms. The lowest BCUT2D eigenvalue weighted by Crippen LogP contribution is -2.40. The van der Waals surface area contributed by atoms with Gasteiger partial charge in [0.05, 0.1) is 17.6 Å². The van der Waals surface area contributed by atoms with E-state index in [0.29, 0.717) is 43.1 Å². The number of ether oxygens (including phenoxy) is 1. The third-order valence-electron chi connectivity index (χ3n) is 3.63. The summed E-state index contributed by atoms with van der Waals surface area (Å²) in [4.78, 5) is 0.172. The van der Waals surface area contributed by atoms with Crippen LogP contribution in [0.5, 0.6) is 0 Å². The summed E-state index contributed by atoms with van der Waals surface area (Å²) in [6.07, 6.45) is 1.54. The first-order chi connectivity index (χ1) is 9.98. The zero-order chi connectivity index (χ0) is 15.5. The summed E-state index contributed by atoms with van der Waals surface area (Å²) in [6.45, 7) is 3.20. The molecular formula is C14H20ClNO4S. The number of halogens is 1. The van der Waals surface area contributed by atoms with Crippen molar-refractivity contribution in [2.45, 2.75) is 37.4 Å². The van der Waals surface area contributed by atoms with E-state index in [1.165, 1.54) is 22.5 Å². The van der Waals surface area contributed by atoms with Crippen LogP contribution in [0.25, 0.3) is 0 Å². The smallest absolute Gasteiger partial charge is 0.243 e. The monoisotopic (exact) mass is 333 g/mol. The number of hydrogen-bond acceptors (Lipinski definition) is 4. The molecule has 1 N–H and O–H groups in total. The number of hydrogen-bond donors (Lipinski definition) is 1. The average molecular weight is 334 g/mol. The Labute approximate surface area is 130 Å². The molecule has 0 amide bonds. The minimum Gasteiger partial charge on any atom is -0.392 e. The summed E-state index contributed by atoms with van der Waals surface area (Å²) < 4.78 is 32.2. The number of benzene rings is 1. The van der Waals surface area contributed by atoms with Gasteiger partial charge in [0, 0.05) is 24.7 Å². The fourth-order valence-electron chi connectivity index (χ4n) is 2.46. The Morgan fingerprint density at radius 1 is 1.38 bits per heavy atom. The number of aliphatic hydroxyl groups is 1. The summed E-state index contributed by atoms with van der Waals surface area (Å²) in [6, 6.07) is 4.42. The molecule has 0 radical (unpaired) electrons. The van der Waals surface area contributed by atoms with Crippen molar-refractivity contribution in [2.24, 2.45) is 0 Å². The van der Waals surface area contributed by atoms with Crippen LogP contribution in [0.15, 0.2) is 23.1 Å². The van der Waals surface area contributed by atoms with E-state index in [1.54, 1.807) is 0 Å². The number of piperidine rings is 1. The average Bonchev–Trinajstić information content (AvgIpc) is 2.48. The lowest BCUT2D eigenvalue weighted by atomic mass is 10.1. The van der Waals surface area contributed by atoms with Gasteiger partial charge in [0.1, 0.15) is 0 Å². The molecule has 118 valence electrons. The highest BCUT2D eigenvalue weighted by molar-refractivity contribution is 7.89. The van der Waals surface area contributed by atoms with Crippen LogP contribution < -0.4 is 0 Å². The Hall–Kier alpha value is -0.660. The lowest BCUT2D eigenvalue weighted by Gasteiger charge is -2.31. The van der Waals surface area contributed by atoms with E-state index < -0.39 is 10.0 Å². The third kappa shape index (κ3) is 3.76.